The first-order chi connectivity index (χ1) is 16.0. The molecule has 3 atom stereocenters. The molecule has 6 N–H and O–H groups in total. The van der Waals surface area contributed by atoms with Crippen molar-refractivity contribution in [2.45, 2.75) is 89.4 Å². The second-order valence-electron chi connectivity index (χ2n) is 8.85. The molecule has 33 heavy (non-hydrogen) atoms. The van der Waals surface area contributed by atoms with Crippen molar-refractivity contribution in [2.75, 3.05) is 13.1 Å². The molecule has 2 fully saturated rings. The van der Waals surface area contributed by atoms with Crippen LogP contribution in [0.3, 0.4) is 0 Å². The molecule has 1 aliphatic heterocycles. The van der Waals surface area contributed by atoms with E-state index < -0.39 is 41.9 Å². The number of alkyl carbamates (subject to hydrolysis) is 1. The van der Waals surface area contributed by atoms with E-state index in [4.69, 9.17) is 17.6 Å². The molecule has 0 unspecified atom stereocenters. The number of nitrogens with two attached hydrogens (primary N) is 2. The molecule has 1 saturated heterocycles. The number of carbonyl (C=O) groups excluding carboxylic acids is 4. The second-order valence-corrected chi connectivity index (χ2v) is 8.85. The van der Waals surface area contributed by atoms with Crippen molar-refractivity contribution in [1.82, 2.24) is 15.5 Å². The molecule has 1 aliphatic carbocycles. The summed E-state index contributed by atoms with van der Waals surface area (Å²) in [5.41, 5.74) is 10.6. The molecule has 0 bridgehead atoms. The molecule has 11 heteroatoms. The highest BCUT2D eigenvalue weighted by molar-refractivity contribution is 5.92. The SMILES string of the molecule is [2H]C1(C[C@H](NC(=O)OC(C)C)C(=O)N2CCC[C@H]2C(=O)N[C@H](C=O)CCCN=C(N)N)CCC1. The van der Waals surface area contributed by atoms with Gasteiger partial charge >= 0.3 is 6.09 Å². The van der Waals surface area contributed by atoms with Gasteiger partial charge in [0.15, 0.2) is 5.96 Å². The van der Waals surface area contributed by atoms with E-state index in [1.807, 2.05) is 0 Å². The molecule has 0 spiro atoms. The lowest BCUT2D eigenvalue weighted by molar-refractivity contribution is -0.140. The van der Waals surface area contributed by atoms with Gasteiger partial charge in [-0.05, 0) is 51.8 Å². The van der Waals surface area contributed by atoms with Gasteiger partial charge in [-0.1, -0.05) is 19.3 Å². The van der Waals surface area contributed by atoms with E-state index >= 15 is 0 Å². The van der Waals surface area contributed by atoms with Crippen LogP contribution in [0.1, 0.15) is 66.6 Å². The van der Waals surface area contributed by atoms with Gasteiger partial charge in [-0.15, -0.1) is 0 Å². The number of aliphatic imine (C=N–C) groups is 1. The quantitative estimate of drug-likeness (QED) is 0.139. The molecular weight excluding hydrogens is 428 g/mol. The van der Waals surface area contributed by atoms with Crippen LogP contribution < -0.4 is 22.1 Å². The van der Waals surface area contributed by atoms with Crippen molar-refractivity contribution in [2.24, 2.45) is 22.4 Å². The summed E-state index contributed by atoms with van der Waals surface area (Å²) in [6.45, 7) is 4.10. The number of hydrogen-bond donors (Lipinski definition) is 4. The zero-order valence-corrected chi connectivity index (χ0v) is 19.5. The van der Waals surface area contributed by atoms with E-state index in [2.05, 4.69) is 15.6 Å². The minimum atomic E-state index is -0.959. The number of likely N-dealkylation sites (tertiary alicyclic amines) is 1. The van der Waals surface area contributed by atoms with Crippen LogP contribution in [0.5, 0.6) is 0 Å². The summed E-state index contributed by atoms with van der Waals surface area (Å²) in [6.07, 6.45) is 3.88. The molecule has 186 valence electrons. The van der Waals surface area contributed by atoms with E-state index in [9.17, 15) is 19.2 Å². The molecular formula is C22H38N6O5. The standard InChI is InChI=1S/C22H38N6O5/c1-14(2)33-22(32)27-17(12-15-6-3-7-15)20(31)28-11-5-9-18(28)19(30)26-16(13-29)8-4-10-25-21(23)24/h13-18H,3-12H2,1-2H3,(H,26,30)(H,27,32)(H4,23,24,25)/t16-,17-,18-/m0/s1/i15D. The van der Waals surface area contributed by atoms with Gasteiger partial charge in [0, 0.05) is 14.5 Å². The third-order valence-corrected chi connectivity index (χ3v) is 5.78. The van der Waals surface area contributed by atoms with Gasteiger partial charge in [0.1, 0.15) is 18.4 Å². The van der Waals surface area contributed by atoms with Crippen molar-refractivity contribution in [3.8, 4) is 0 Å². The lowest BCUT2D eigenvalue weighted by Crippen LogP contribution is -2.55. The minimum Gasteiger partial charge on any atom is -0.447 e. The average Bonchev–Trinajstić information content (AvgIpc) is 3.22. The Balaban J connectivity index is 2.03. The van der Waals surface area contributed by atoms with Gasteiger partial charge in [0.05, 0.1) is 12.1 Å². The van der Waals surface area contributed by atoms with Crippen molar-refractivity contribution < 1.29 is 25.3 Å². The van der Waals surface area contributed by atoms with Crippen LogP contribution in [0.2, 0.25) is 0 Å². The number of hydrogen-bond acceptors (Lipinski definition) is 6. The maximum atomic E-state index is 13.4. The summed E-state index contributed by atoms with van der Waals surface area (Å²) in [4.78, 5) is 55.3. The van der Waals surface area contributed by atoms with Crippen molar-refractivity contribution in [3.63, 3.8) is 0 Å². The van der Waals surface area contributed by atoms with Crippen LogP contribution in [0.15, 0.2) is 4.99 Å². The monoisotopic (exact) mass is 467 g/mol. The number of nitrogens with zero attached hydrogens (tertiary/aromatic N) is 2. The Hall–Kier alpha value is -2.85. The normalized spacial score (nSPS) is 21.2. The smallest absolute Gasteiger partial charge is 0.408 e. The predicted molar refractivity (Wildman–Crippen MR) is 123 cm³/mol. The Morgan fingerprint density at radius 2 is 1.94 bits per heavy atom. The van der Waals surface area contributed by atoms with Crippen LogP contribution in [0, 0.1) is 5.89 Å². The Kier molecular flexibility index (Phi) is 9.77. The maximum Gasteiger partial charge on any atom is 0.408 e. The van der Waals surface area contributed by atoms with Gasteiger partial charge in [0.25, 0.3) is 0 Å². The van der Waals surface area contributed by atoms with Crippen molar-refractivity contribution in [1.29, 1.82) is 0 Å². The summed E-state index contributed by atoms with van der Waals surface area (Å²) < 4.78 is 13.6. The minimum absolute atomic E-state index is 0.0383. The number of aldehydes is 1. The van der Waals surface area contributed by atoms with Gasteiger partial charge in [-0.2, -0.15) is 0 Å². The van der Waals surface area contributed by atoms with Crippen LogP contribution in [-0.2, 0) is 19.1 Å². The average molecular weight is 468 g/mol. The van der Waals surface area contributed by atoms with Crippen LogP contribution in [0.4, 0.5) is 4.79 Å². The van der Waals surface area contributed by atoms with E-state index in [0.29, 0.717) is 57.9 Å². The first kappa shape index (κ1) is 24.8. The van der Waals surface area contributed by atoms with E-state index in [0.717, 1.165) is 6.42 Å². The fourth-order valence-corrected chi connectivity index (χ4v) is 3.99. The maximum absolute atomic E-state index is 13.4. The van der Waals surface area contributed by atoms with Gasteiger partial charge < -0.3 is 36.5 Å². The second kappa shape index (κ2) is 13.0. The van der Waals surface area contributed by atoms with Crippen molar-refractivity contribution in [3.05, 3.63) is 0 Å². The van der Waals surface area contributed by atoms with Gasteiger partial charge in [0.2, 0.25) is 11.8 Å². The first-order valence-electron chi connectivity index (χ1n) is 12.1. The highest BCUT2D eigenvalue weighted by Gasteiger charge is 2.39. The number of carbonyl (C=O) groups is 4. The molecule has 0 aromatic carbocycles. The van der Waals surface area contributed by atoms with Crippen molar-refractivity contribution >= 4 is 30.2 Å². The third-order valence-electron chi connectivity index (χ3n) is 5.78. The number of ether oxygens (including phenoxy) is 1. The number of amides is 3. The van der Waals surface area contributed by atoms with Crippen LogP contribution in [-0.4, -0.2) is 72.4 Å². The molecule has 0 aromatic rings. The molecule has 11 nitrogen and oxygen atoms in total. The summed E-state index contributed by atoms with van der Waals surface area (Å²) in [6, 6.07) is -2.43. The Morgan fingerprint density at radius 1 is 1.21 bits per heavy atom. The fourth-order valence-electron chi connectivity index (χ4n) is 3.99. The number of rotatable bonds is 12. The topological polar surface area (TPSA) is 169 Å². The van der Waals surface area contributed by atoms with Crippen LogP contribution in [0.25, 0.3) is 0 Å². The van der Waals surface area contributed by atoms with E-state index in [1.165, 1.54) is 4.90 Å². The Morgan fingerprint density at radius 3 is 2.52 bits per heavy atom. The highest BCUT2D eigenvalue weighted by atomic mass is 16.6. The van der Waals surface area contributed by atoms with Gasteiger partial charge in [-0.25, -0.2) is 4.79 Å². The first-order valence-corrected chi connectivity index (χ1v) is 11.6. The molecule has 3 amide bonds. The number of guanidine groups is 1. The lowest BCUT2D eigenvalue weighted by atomic mass is 9.80. The molecule has 1 heterocycles. The third kappa shape index (κ3) is 8.54. The number of nitrogens with one attached hydrogen (secondary N) is 2. The van der Waals surface area contributed by atoms with E-state index in [-0.39, 0.29) is 18.5 Å². The predicted octanol–water partition coefficient (Wildman–Crippen LogP) is 0.408. The summed E-state index contributed by atoms with van der Waals surface area (Å²) in [7, 11) is 0. The zero-order valence-electron chi connectivity index (χ0n) is 20.5. The Bertz CT molecular complexity index is 769. The Labute approximate surface area is 196 Å². The zero-order chi connectivity index (χ0) is 25.3. The highest BCUT2D eigenvalue weighted by Crippen LogP contribution is 2.31. The molecule has 0 aromatic heterocycles. The summed E-state index contributed by atoms with van der Waals surface area (Å²) in [5.74, 6) is -1.64. The molecule has 2 aliphatic rings. The summed E-state index contributed by atoms with van der Waals surface area (Å²) in [5, 5.41) is 5.31. The largest absolute Gasteiger partial charge is 0.447 e. The van der Waals surface area contributed by atoms with E-state index in [1.54, 1.807) is 13.8 Å². The molecule has 2 rings (SSSR count). The summed E-state index contributed by atoms with van der Waals surface area (Å²) >= 11 is 0. The fraction of sp³-hybridized carbons (Fsp3) is 0.773. The molecule has 1 saturated carbocycles. The molecule has 0 radical (unpaired) electrons. The van der Waals surface area contributed by atoms with Gasteiger partial charge in [-0.3, -0.25) is 14.6 Å². The lowest BCUT2D eigenvalue weighted by Gasteiger charge is -2.33. The van der Waals surface area contributed by atoms with Crippen LogP contribution >= 0.6 is 0 Å².